The van der Waals surface area contributed by atoms with Crippen LogP contribution in [-0.2, 0) is 4.79 Å². The molecule has 0 aromatic heterocycles. The largest absolute Gasteiger partial charge is 0.480 e. The Labute approximate surface area is 120 Å². The molecular formula is C13H15N3O5. The number of carbonyl (C=O) groups is 2. The molecule has 0 unspecified atom stereocenters. The summed E-state index contributed by atoms with van der Waals surface area (Å²) in [5.41, 5.74) is 0.552. The average Bonchev–Trinajstić information content (AvgIpc) is 2.90. The predicted octanol–water partition coefficient (Wildman–Crippen LogP) is 1.98. The predicted molar refractivity (Wildman–Crippen MR) is 74.2 cm³/mol. The molecule has 1 fully saturated rings. The number of amides is 2. The van der Waals surface area contributed by atoms with Crippen molar-refractivity contribution in [2.24, 2.45) is 0 Å². The van der Waals surface area contributed by atoms with E-state index < -0.39 is 23.0 Å². The number of urea groups is 1. The molecule has 2 amide bonds. The van der Waals surface area contributed by atoms with Gasteiger partial charge in [-0.15, -0.1) is 0 Å². The fourth-order valence-electron chi connectivity index (χ4n) is 2.41. The maximum atomic E-state index is 12.1. The van der Waals surface area contributed by atoms with Crippen LogP contribution >= 0.6 is 0 Å². The van der Waals surface area contributed by atoms with E-state index in [0.29, 0.717) is 30.6 Å². The van der Waals surface area contributed by atoms with Crippen LogP contribution < -0.4 is 5.32 Å². The molecule has 2 N–H and O–H groups in total. The highest BCUT2D eigenvalue weighted by Crippen LogP contribution is 2.26. The van der Waals surface area contributed by atoms with Gasteiger partial charge < -0.3 is 15.3 Å². The molecule has 0 saturated carbocycles. The number of likely N-dealkylation sites (tertiary alicyclic amines) is 1. The first-order valence-electron chi connectivity index (χ1n) is 6.46. The molecule has 1 atom stereocenters. The first kappa shape index (κ1) is 14.8. The molecule has 8 heteroatoms. The molecule has 1 aromatic rings. The van der Waals surface area contributed by atoms with Gasteiger partial charge in [0.2, 0.25) is 0 Å². The highest BCUT2D eigenvalue weighted by Gasteiger charge is 2.34. The molecule has 1 saturated heterocycles. The van der Waals surface area contributed by atoms with Gasteiger partial charge in [-0.05, 0) is 25.8 Å². The quantitative estimate of drug-likeness (QED) is 0.653. The van der Waals surface area contributed by atoms with Gasteiger partial charge in [-0.2, -0.15) is 0 Å². The van der Waals surface area contributed by atoms with Crippen LogP contribution in [0, 0.1) is 17.0 Å². The topological polar surface area (TPSA) is 113 Å². The van der Waals surface area contributed by atoms with Gasteiger partial charge in [-0.3, -0.25) is 10.1 Å². The first-order chi connectivity index (χ1) is 9.91. The summed E-state index contributed by atoms with van der Waals surface area (Å²) in [5, 5.41) is 22.5. The van der Waals surface area contributed by atoms with E-state index in [4.69, 9.17) is 5.11 Å². The molecular weight excluding hydrogens is 278 g/mol. The molecule has 1 aromatic carbocycles. The van der Waals surface area contributed by atoms with Crippen molar-refractivity contribution in [2.45, 2.75) is 25.8 Å². The number of nitro groups is 1. The number of carbonyl (C=O) groups excluding carboxylic acids is 1. The van der Waals surface area contributed by atoms with E-state index in [0.717, 1.165) is 0 Å². The normalized spacial score (nSPS) is 17.6. The summed E-state index contributed by atoms with van der Waals surface area (Å²) in [6.45, 7) is 1.89. The van der Waals surface area contributed by atoms with Crippen molar-refractivity contribution in [1.82, 2.24) is 4.90 Å². The SMILES string of the molecule is Cc1c(NC(=O)N2CCC[C@H]2C(=O)O)cccc1[N+](=O)[O-]. The van der Waals surface area contributed by atoms with E-state index in [1.807, 2.05) is 0 Å². The van der Waals surface area contributed by atoms with Crippen molar-refractivity contribution < 1.29 is 19.6 Å². The molecule has 1 aliphatic heterocycles. The maximum Gasteiger partial charge on any atom is 0.326 e. The zero-order valence-electron chi connectivity index (χ0n) is 11.4. The van der Waals surface area contributed by atoms with Crippen molar-refractivity contribution >= 4 is 23.4 Å². The lowest BCUT2D eigenvalue weighted by atomic mass is 10.1. The highest BCUT2D eigenvalue weighted by atomic mass is 16.6. The number of rotatable bonds is 3. The summed E-state index contributed by atoms with van der Waals surface area (Å²) in [6.07, 6.45) is 1.04. The Kier molecular flexibility index (Phi) is 4.06. The van der Waals surface area contributed by atoms with Crippen molar-refractivity contribution in [3.8, 4) is 0 Å². The van der Waals surface area contributed by atoms with Crippen LogP contribution in [0.1, 0.15) is 18.4 Å². The number of anilines is 1. The van der Waals surface area contributed by atoms with Gasteiger partial charge >= 0.3 is 12.0 Å². The molecule has 112 valence electrons. The number of nitrogens with zero attached hydrogens (tertiary/aromatic N) is 2. The average molecular weight is 293 g/mol. The maximum absolute atomic E-state index is 12.1. The lowest BCUT2D eigenvalue weighted by molar-refractivity contribution is -0.385. The number of carboxylic acids is 1. The summed E-state index contributed by atoms with van der Waals surface area (Å²) in [6, 6.07) is 2.97. The van der Waals surface area contributed by atoms with Crippen LogP contribution in [0.3, 0.4) is 0 Å². The molecule has 0 aliphatic carbocycles. The second-order valence-corrected chi connectivity index (χ2v) is 4.83. The Morgan fingerprint density at radius 1 is 1.48 bits per heavy atom. The Balaban J connectivity index is 2.18. The fraction of sp³-hybridized carbons (Fsp3) is 0.385. The molecule has 1 aliphatic rings. The van der Waals surface area contributed by atoms with Crippen LogP contribution in [0.5, 0.6) is 0 Å². The standard InChI is InChI=1S/C13H15N3O5/c1-8-9(4-2-5-10(8)16(20)21)14-13(19)15-7-3-6-11(15)12(17)18/h2,4-5,11H,3,6-7H2,1H3,(H,14,19)(H,17,18)/t11-/m0/s1. The van der Waals surface area contributed by atoms with Crippen LogP contribution in [0.25, 0.3) is 0 Å². The van der Waals surface area contributed by atoms with E-state index in [1.165, 1.54) is 24.0 Å². The van der Waals surface area contributed by atoms with Crippen LogP contribution in [0.15, 0.2) is 18.2 Å². The summed E-state index contributed by atoms with van der Waals surface area (Å²) in [5.74, 6) is -1.04. The van der Waals surface area contributed by atoms with Gasteiger partial charge in [0.05, 0.1) is 16.2 Å². The van der Waals surface area contributed by atoms with E-state index in [1.54, 1.807) is 6.07 Å². The van der Waals surface area contributed by atoms with Gasteiger partial charge in [0.1, 0.15) is 6.04 Å². The molecule has 0 spiro atoms. The molecule has 21 heavy (non-hydrogen) atoms. The van der Waals surface area contributed by atoms with Crippen molar-refractivity contribution in [3.63, 3.8) is 0 Å². The minimum Gasteiger partial charge on any atom is -0.480 e. The van der Waals surface area contributed by atoms with Gasteiger partial charge in [0.25, 0.3) is 5.69 Å². The smallest absolute Gasteiger partial charge is 0.326 e. The number of benzene rings is 1. The second kappa shape index (κ2) is 5.78. The van der Waals surface area contributed by atoms with E-state index in [-0.39, 0.29) is 5.69 Å². The minimum atomic E-state index is -1.04. The third kappa shape index (κ3) is 2.93. The third-order valence-electron chi connectivity index (χ3n) is 3.54. The number of nitrogens with one attached hydrogen (secondary N) is 1. The molecule has 2 rings (SSSR count). The monoisotopic (exact) mass is 293 g/mol. The van der Waals surface area contributed by atoms with E-state index in [2.05, 4.69) is 5.32 Å². The Morgan fingerprint density at radius 3 is 2.81 bits per heavy atom. The first-order valence-corrected chi connectivity index (χ1v) is 6.46. The van der Waals surface area contributed by atoms with Crippen LogP contribution in [0.2, 0.25) is 0 Å². The van der Waals surface area contributed by atoms with Gasteiger partial charge in [-0.1, -0.05) is 6.07 Å². The van der Waals surface area contributed by atoms with E-state index >= 15 is 0 Å². The van der Waals surface area contributed by atoms with Gasteiger partial charge in [0.15, 0.2) is 0 Å². The summed E-state index contributed by atoms with van der Waals surface area (Å²) in [7, 11) is 0. The van der Waals surface area contributed by atoms with Crippen LogP contribution in [-0.4, -0.2) is 39.5 Å². The highest BCUT2D eigenvalue weighted by molar-refractivity contribution is 5.93. The summed E-state index contributed by atoms with van der Waals surface area (Å²) in [4.78, 5) is 34.8. The lowest BCUT2D eigenvalue weighted by Gasteiger charge is -2.22. The summed E-state index contributed by atoms with van der Waals surface area (Å²) < 4.78 is 0. The summed E-state index contributed by atoms with van der Waals surface area (Å²) >= 11 is 0. The Hall–Kier alpha value is -2.64. The molecule has 8 nitrogen and oxygen atoms in total. The van der Waals surface area contributed by atoms with Gasteiger partial charge in [-0.25, -0.2) is 9.59 Å². The molecule has 0 bridgehead atoms. The third-order valence-corrected chi connectivity index (χ3v) is 3.54. The van der Waals surface area contributed by atoms with Crippen molar-refractivity contribution in [2.75, 3.05) is 11.9 Å². The molecule has 1 heterocycles. The number of carboxylic acid groups (broad SMARTS) is 1. The second-order valence-electron chi connectivity index (χ2n) is 4.83. The van der Waals surface area contributed by atoms with Crippen molar-refractivity contribution in [3.05, 3.63) is 33.9 Å². The number of hydrogen-bond acceptors (Lipinski definition) is 4. The minimum absolute atomic E-state index is 0.0935. The fourth-order valence-corrected chi connectivity index (χ4v) is 2.41. The Morgan fingerprint density at radius 2 is 2.19 bits per heavy atom. The zero-order chi connectivity index (χ0) is 15.6. The zero-order valence-corrected chi connectivity index (χ0v) is 11.4. The van der Waals surface area contributed by atoms with E-state index in [9.17, 15) is 19.7 Å². The number of hydrogen-bond donors (Lipinski definition) is 2. The van der Waals surface area contributed by atoms with Gasteiger partial charge in [0, 0.05) is 12.6 Å². The number of aliphatic carboxylic acids is 1. The Bertz CT molecular complexity index is 601. The number of nitro benzene ring substituents is 1. The van der Waals surface area contributed by atoms with Crippen LogP contribution in [0.4, 0.5) is 16.2 Å². The van der Waals surface area contributed by atoms with Crippen molar-refractivity contribution in [1.29, 1.82) is 0 Å². The lowest BCUT2D eigenvalue weighted by Crippen LogP contribution is -2.42. The molecule has 0 radical (unpaired) electrons.